The van der Waals surface area contributed by atoms with Gasteiger partial charge >= 0.3 is 6.09 Å². The molecule has 0 radical (unpaired) electrons. The number of halogens is 1. The van der Waals surface area contributed by atoms with Gasteiger partial charge in [-0.3, -0.25) is 4.79 Å². The largest absolute Gasteiger partial charge is 0.444 e. The SMILES string of the molecule is CC(C)(CC(=O)NCC(C)(C)c1cccc(Cl)c1)NC(=O)OC(C)(C)C. The second-order valence-corrected chi connectivity index (χ2v) is 9.29. The summed E-state index contributed by atoms with van der Waals surface area (Å²) in [6.07, 6.45) is -0.382. The average Bonchev–Trinajstić information content (AvgIpc) is 2.42. The number of nitrogens with one attached hydrogen (secondary N) is 2. The molecule has 0 saturated heterocycles. The Bertz CT molecular complexity index is 649. The number of benzene rings is 1. The van der Waals surface area contributed by atoms with Gasteiger partial charge in [-0.25, -0.2) is 4.79 Å². The Balaban J connectivity index is 2.58. The Morgan fingerprint density at radius 1 is 1.08 bits per heavy atom. The molecule has 0 spiro atoms. The Morgan fingerprint density at radius 3 is 2.23 bits per heavy atom. The topological polar surface area (TPSA) is 67.4 Å². The predicted molar refractivity (Wildman–Crippen MR) is 106 cm³/mol. The van der Waals surface area contributed by atoms with Crippen molar-refractivity contribution in [2.75, 3.05) is 6.54 Å². The highest BCUT2D eigenvalue weighted by atomic mass is 35.5. The van der Waals surface area contributed by atoms with Crippen LogP contribution >= 0.6 is 11.6 Å². The molecule has 26 heavy (non-hydrogen) atoms. The number of rotatable bonds is 6. The third kappa shape index (κ3) is 8.09. The van der Waals surface area contributed by atoms with Crippen molar-refractivity contribution in [1.82, 2.24) is 10.6 Å². The first kappa shape index (κ1) is 22.3. The fourth-order valence-corrected chi connectivity index (χ4v) is 2.61. The molecule has 0 bridgehead atoms. The minimum atomic E-state index is -0.716. The van der Waals surface area contributed by atoms with E-state index in [-0.39, 0.29) is 17.7 Å². The quantitative estimate of drug-likeness (QED) is 0.764. The van der Waals surface area contributed by atoms with Crippen LogP contribution in [0.1, 0.15) is 60.5 Å². The maximum absolute atomic E-state index is 12.3. The van der Waals surface area contributed by atoms with Crippen LogP contribution in [0.3, 0.4) is 0 Å². The summed E-state index contributed by atoms with van der Waals surface area (Å²) in [6.45, 7) is 13.5. The first-order chi connectivity index (χ1) is 11.7. The molecule has 2 amide bonds. The third-order valence-electron chi connectivity index (χ3n) is 3.78. The van der Waals surface area contributed by atoms with Gasteiger partial charge in [0.2, 0.25) is 5.91 Å². The highest BCUT2D eigenvalue weighted by molar-refractivity contribution is 6.30. The van der Waals surface area contributed by atoms with Crippen LogP contribution in [0.2, 0.25) is 5.02 Å². The van der Waals surface area contributed by atoms with Crippen LogP contribution in [0, 0.1) is 0 Å². The van der Waals surface area contributed by atoms with Crippen molar-refractivity contribution >= 4 is 23.6 Å². The lowest BCUT2D eigenvalue weighted by atomic mass is 9.84. The zero-order chi connectivity index (χ0) is 20.2. The zero-order valence-corrected chi connectivity index (χ0v) is 17.6. The molecule has 1 aromatic carbocycles. The standard InChI is InChI=1S/C20H31ClN2O3/c1-18(2,3)26-17(25)23-20(6,7)12-16(24)22-13-19(4,5)14-9-8-10-15(21)11-14/h8-11H,12-13H2,1-7H3,(H,22,24)(H,23,25). The van der Waals surface area contributed by atoms with Gasteiger partial charge in [-0.15, -0.1) is 0 Å². The van der Waals surface area contributed by atoms with E-state index in [2.05, 4.69) is 10.6 Å². The molecule has 5 nitrogen and oxygen atoms in total. The lowest BCUT2D eigenvalue weighted by Crippen LogP contribution is -2.49. The first-order valence-corrected chi connectivity index (χ1v) is 9.12. The van der Waals surface area contributed by atoms with Crippen molar-refractivity contribution in [2.24, 2.45) is 0 Å². The van der Waals surface area contributed by atoms with Gasteiger partial charge in [-0.05, 0) is 52.3 Å². The van der Waals surface area contributed by atoms with E-state index in [0.29, 0.717) is 11.6 Å². The molecule has 0 aliphatic rings. The highest BCUT2D eigenvalue weighted by Crippen LogP contribution is 2.25. The normalized spacial score (nSPS) is 12.5. The molecule has 2 N–H and O–H groups in total. The number of hydrogen-bond acceptors (Lipinski definition) is 3. The van der Waals surface area contributed by atoms with Crippen LogP contribution in [0.5, 0.6) is 0 Å². The van der Waals surface area contributed by atoms with E-state index in [9.17, 15) is 9.59 Å². The average molecular weight is 383 g/mol. The molecular formula is C20H31ClN2O3. The summed E-state index contributed by atoms with van der Waals surface area (Å²) in [5.74, 6) is -0.138. The fraction of sp³-hybridized carbons (Fsp3) is 0.600. The van der Waals surface area contributed by atoms with Crippen molar-refractivity contribution in [2.45, 2.75) is 71.4 Å². The summed E-state index contributed by atoms with van der Waals surface area (Å²) in [6, 6.07) is 7.62. The van der Waals surface area contributed by atoms with E-state index in [4.69, 9.17) is 16.3 Å². The smallest absolute Gasteiger partial charge is 0.408 e. The Morgan fingerprint density at radius 2 is 1.69 bits per heavy atom. The number of alkyl carbamates (subject to hydrolysis) is 1. The number of carbonyl (C=O) groups is 2. The van der Waals surface area contributed by atoms with Gasteiger partial charge in [0.1, 0.15) is 5.60 Å². The molecule has 0 atom stereocenters. The van der Waals surface area contributed by atoms with Crippen LogP contribution in [-0.2, 0) is 14.9 Å². The zero-order valence-electron chi connectivity index (χ0n) is 16.8. The van der Waals surface area contributed by atoms with E-state index in [1.54, 1.807) is 34.6 Å². The molecule has 6 heteroatoms. The van der Waals surface area contributed by atoms with Gasteiger partial charge in [-0.2, -0.15) is 0 Å². The Hall–Kier alpha value is -1.75. The molecule has 146 valence electrons. The van der Waals surface area contributed by atoms with Gasteiger partial charge in [0.05, 0.1) is 0 Å². The predicted octanol–water partition coefficient (Wildman–Crippen LogP) is 4.43. The minimum absolute atomic E-state index is 0.138. The molecule has 0 unspecified atom stereocenters. The van der Waals surface area contributed by atoms with Gasteiger partial charge in [0, 0.05) is 28.9 Å². The summed E-state index contributed by atoms with van der Waals surface area (Å²) < 4.78 is 5.24. The van der Waals surface area contributed by atoms with Crippen LogP contribution < -0.4 is 10.6 Å². The molecule has 0 saturated carbocycles. The van der Waals surface area contributed by atoms with Crippen molar-refractivity contribution in [3.8, 4) is 0 Å². The lowest BCUT2D eigenvalue weighted by Gasteiger charge is -2.30. The van der Waals surface area contributed by atoms with E-state index >= 15 is 0 Å². The Kier molecular flexibility index (Phi) is 7.11. The summed E-state index contributed by atoms with van der Waals surface area (Å²) in [5, 5.41) is 6.36. The van der Waals surface area contributed by atoms with Crippen LogP contribution in [0.25, 0.3) is 0 Å². The summed E-state index contributed by atoms with van der Waals surface area (Å²) in [5.41, 5.74) is -0.504. The second kappa shape index (κ2) is 8.30. The molecule has 0 heterocycles. The van der Waals surface area contributed by atoms with Crippen LogP contribution in [0.15, 0.2) is 24.3 Å². The van der Waals surface area contributed by atoms with E-state index in [1.807, 2.05) is 38.1 Å². The van der Waals surface area contributed by atoms with Crippen LogP contribution in [-0.4, -0.2) is 29.7 Å². The van der Waals surface area contributed by atoms with Crippen molar-refractivity contribution in [1.29, 1.82) is 0 Å². The van der Waals surface area contributed by atoms with Gasteiger partial charge < -0.3 is 15.4 Å². The van der Waals surface area contributed by atoms with Gasteiger partial charge in [0.25, 0.3) is 0 Å². The number of carbonyl (C=O) groups excluding carboxylic acids is 2. The number of amides is 2. The third-order valence-corrected chi connectivity index (χ3v) is 4.01. The van der Waals surface area contributed by atoms with E-state index in [0.717, 1.165) is 5.56 Å². The summed E-state index contributed by atoms with van der Waals surface area (Å²) >= 11 is 6.06. The second-order valence-electron chi connectivity index (χ2n) is 8.86. The molecular weight excluding hydrogens is 352 g/mol. The molecule has 0 fully saturated rings. The van der Waals surface area contributed by atoms with Crippen molar-refractivity contribution in [3.05, 3.63) is 34.9 Å². The highest BCUT2D eigenvalue weighted by Gasteiger charge is 2.28. The first-order valence-electron chi connectivity index (χ1n) is 8.74. The van der Waals surface area contributed by atoms with Gasteiger partial charge in [-0.1, -0.05) is 37.6 Å². The number of hydrogen-bond donors (Lipinski definition) is 2. The van der Waals surface area contributed by atoms with Crippen molar-refractivity contribution in [3.63, 3.8) is 0 Å². The summed E-state index contributed by atoms with van der Waals surface area (Å²) in [4.78, 5) is 24.3. The number of ether oxygens (including phenoxy) is 1. The molecule has 0 aliphatic heterocycles. The molecule has 0 aliphatic carbocycles. The minimum Gasteiger partial charge on any atom is -0.444 e. The summed E-state index contributed by atoms with van der Waals surface area (Å²) in [7, 11) is 0. The molecule has 0 aromatic heterocycles. The van der Waals surface area contributed by atoms with Gasteiger partial charge in [0.15, 0.2) is 0 Å². The maximum Gasteiger partial charge on any atom is 0.408 e. The Labute approximate surface area is 161 Å². The molecule has 1 aromatic rings. The fourth-order valence-electron chi connectivity index (χ4n) is 2.42. The maximum atomic E-state index is 12.3. The van der Waals surface area contributed by atoms with Crippen molar-refractivity contribution < 1.29 is 14.3 Å². The van der Waals surface area contributed by atoms with E-state index in [1.165, 1.54) is 0 Å². The molecule has 1 rings (SSSR count). The van der Waals surface area contributed by atoms with Crippen LogP contribution in [0.4, 0.5) is 4.79 Å². The monoisotopic (exact) mass is 382 g/mol. The van der Waals surface area contributed by atoms with E-state index < -0.39 is 17.2 Å². The lowest BCUT2D eigenvalue weighted by molar-refractivity contribution is -0.122.